The van der Waals surface area contributed by atoms with E-state index in [1.165, 1.54) is 0 Å². The number of nitrogens with zero attached hydrogens (tertiary/aromatic N) is 2. The van der Waals surface area contributed by atoms with Gasteiger partial charge in [0, 0.05) is 39.6 Å². The number of hydrogen-bond acceptors (Lipinski definition) is 5. The molecule has 0 bridgehead atoms. The second-order valence-electron chi connectivity index (χ2n) is 10.1. The fraction of sp³-hybridized carbons (Fsp3) is 0.355. The minimum Gasteiger partial charge on any atom is -0.365 e. The molecular weight excluding hydrogens is 590 g/mol. The van der Waals surface area contributed by atoms with E-state index in [9.17, 15) is 0 Å². The van der Waals surface area contributed by atoms with E-state index in [1.54, 1.807) is 12.1 Å². The second-order valence-corrected chi connectivity index (χ2v) is 11.8. The monoisotopic (exact) mass is 622 g/mol. The number of ether oxygens (including phenoxy) is 1. The second kappa shape index (κ2) is 14.7. The van der Waals surface area contributed by atoms with Crippen molar-refractivity contribution in [2.45, 2.75) is 51.3 Å². The van der Waals surface area contributed by atoms with E-state index in [0.717, 1.165) is 41.0 Å². The van der Waals surface area contributed by atoms with Crippen LogP contribution >= 0.6 is 46.4 Å². The highest BCUT2D eigenvalue weighted by Crippen LogP contribution is 2.33. The van der Waals surface area contributed by atoms with E-state index >= 15 is 0 Å². The van der Waals surface area contributed by atoms with Crippen LogP contribution in [0, 0.1) is 6.92 Å². The third-order valence-electron chi connectivity index (χ3n) is 6.63. The molecule has 0 radical (unpaired) electrons. The summed E-state index contributed by atoms with van der Waals surface area (Å²) < 4.78 is 6.34. The third kappa shape index (κ3) is 8.45. The molecule has 9 heteroatoms. The first-order chi connectivity index (χ1) is 19.2. The van der Waals surface area contributed by atoms with Crippen molar-refractivity contribution >= 4 is 46.4 Å². The van der Waals surface area contributed by atoms with Crippen molar-refractivity contribution in [2.75, 3.05) is 19.8 Å². The average Bonchev–Trinajstić information content (AvgIpc) is 3.39. The summed E-state index contributed by atoms with van der Waals surface area (Å²) in [7, 11) is 0. The van der Waals surface area contributed by atoms with Gasteiger partial charge in [-0.15, -0.1) is 0 Å². The minimum atomic E-state index is -0.469. The Morgan fingerprint density at radius 3 is 2.38 bits per heavy atom. The topological polar surface area (TPSA) is 34.2 Å². The number of benzene rings is 3. The summed E-state index contributed by atoms with van der Waals surface area (Å²) in [5.41, 5.74) is 3.55. The van der Waals surface area contributed by atoms with Gasteiger partial charge in [0.2, 0.25) is 0 Å². The Kier molecular flexibility index (Phi) is 11.3. The van der Waals surface area contributed by atoms with Crippen molar-refractivity contribution in [3.63, 3.8) is 0 Å². The number of hydrogen-bond donors (Lipinski definition) is 0. The van der Waals surface area contributed by atoms with Crippen LogP contribution in [-0.4, -0.2) is 35.1 Å². The highest BCUT2D eigenvalue weighted by Gasteiger charge is 2.29. The van der Waals surface area contributed by atoms with Crippen LogP contribution in [0.2, 0.25) is 15.1 Å². The fourth-order valence-electron chi connectivity index (χ4n) is 4.39. The lowest BCUT2D eigenvalue weighted by Gasteiger charge is -2.31. The fourth-order valence-corrected chi connectivity index (χ4v) is 5.32. The summed E-state index contributed by atoms with van der Waals surface area (Å²) in [6, 6.07) is 19.1. The van der Waals surface area contributed by atoms with Gasteiger partial charge >= 0.3 is 0 Å². The van der Waals surface area contributed by atoms with Crippen molar-refractivity contribution in [3.8, 4) is 5.75 Å². The standard InChI is InChI=1S/C31H34Cl4N2O3/c1-21(2)27-12-5-22(3)17-29(27)40-39-16-4-13-36-14-15-37(20-36)31(35)30(23-6-9-25(32)10-7-23)38-19-24-8-11-26(33)18-28(24)34/h5-12,14-15,17-18,21,30-31H,4,13,16,19-20H2,1-3H3. The smallest absolute Gasteiger partial charge is 0.169 e. The van der Waals surface area contributed by atoms with Crippen LogP contribution in [0.5, 0.6) is 5.75 Å². The van der Waals surface area contributed by atoms with Crippen LogP contribution < -0.4 is 4.89 Å². The Bertz CT molecular complexity index is 1290. The summed E-state index contributed by atoms with van der Waals surface area (Å²) in [5.74, 6) is 1.13. The van der Waals surface area contributed by atoms with Gasteiger partial charge in [-0.2, -0.15) is 4.89 Å². The van der Waals surface area contributed by atoms with Crippen molar-refractivity contribution in [3.05, 3.63) is 110 Å². The Morgan fingerprint density at radius 2 is 1.65 bits per heavy atom. The van der Waals surface area contributed by atoms with E-state index in [0.29, 0.717) is 34.3 Å². The summed E-state index contributed by atoms with van der Waals surface area (Å²) in [5, 5.41) is 1.78. The van der Waals surface area contributed by atoms with Crippen LogP contribution in [0.15, 0.2) is 73.1 Å². The van der Waals surface area contributed by atoms with Crippen LogP contribution in [0.1, 0.15) is 54.5 Å². The third-order valence-corrected chi connectivity index (χ3v) is 7.94. The normalized spacial score (nSPS) is 14.7. The zero-order valence-corrected chi connectivity index (χ0v) is 25.9. The molecule has 0 N–H and O–H groups in total. The summed E-state index contributed by atoms with van der Waals surface area (Å²) in [4.78, 5) is 15.4. The summed E-state index contributed by atoms with van der Waals surface area (Å²) in [6.07, 6.45) is 4.37. The maximum atomic E-state index is 7.02. The van der Waals surface area contributed by atoms with E-state index in [1.807, 2.05) is 60.6 Å². The largest absolute Gasteiger partial charge is 0.365 e. The van der Waals surface area contributed by atoms with Crippen molar-refractivity contribution < 1.29 is 14.5 Å². The SMILES string of the molecule is Cc1ccc(C(C)C)c(OOCCCN2C=CN(C(Cl)C(OCc3ccc(Cl)cc3Cl)c3ccc(Cl)cc3)C2)c1. The number of rotatable bonds is 13. The molecule has 2 unspecified atom stereocenters. The number of halogens is 4. The van der Waals surface area contributed by atoms with E-state index in [-0.39, 0.29) is 6.61 Å². The van der Waals surface area contributed by atoms with Gasteiger partial charge in [-0.3, -0.25) is 0 Å². The van der Waals surface area contributed by atoms with Gasteiger partial charge < -0.3 is 19.4 Å². The molecule has 4 rings (SSSR count). The quantitative estimate of drug-likeness (QED) is 0.0623. The molecule has 3 aromatic rings. The molecule has 0 saturated carbocycles. The van der Waals surface area contributed by atoms with Gasteiger partial charge in [0.25, 0.3) is 0 Å². The zero-order chi connectivity index (χ0) is 28.6. The Hall–Kier alpha value is -2.12. The highest BCUT2D eigenvalue weighted by atomic mass is 35.5. The first-order valence-corrected chi connectivity index (χ1v) is 14.8. The molecular formula is C31H34Cl4N2O3. The summed E-state index contributed by atoms with van der Waals surface area (Å²) in [6.45, 7) is 8.49. The van der Waals surface area contributed by atoms with Crippen molar-refractivity contribution in [1.29, 1.82) is 0 Å². The average molecular weight is 624 g/mol. The maximum Gasteiger partial charge on any atom is 0.169 e. The molecule has 0 aromatic heterocycles. The zero-order valence-electron chi connectivity index (χ0n) is 22.8. The van der Waals surface area contributed by atoms with Gasteiger partial charge in [-0.1, -0.05) is 90.6 Å². The predicted molar refractivity (Wildman–Crippen MR) is 164 cm³/mol. The molecule has 1 aliphatic rings. The minimum absolute atomic E-state index is 0.282. The lowest BCUT2D eigenvalue weighted by atomic mass is 10.0. The summed E-state index contributed by atoms with van der Waals surface area (Å²) >= 11 is 25.6. The van der Waals surface area contributed by atoms with Gasteiger partial charge in [-0.05, 0) is 66.3 Å². The highest BCUT2D eigenvalue weighted by molar-refractivity contribution is 6.35. The number of aryl methyl sites for hydroxylation is 1. The molecule has 1 aliphatic heterocycles. The van der Waals surface area contributed by atoms with E-state index in [4.69, 9.17) is 60.9 Å². The van der Waals surface area contributed by atoms with Crippen LogP contribution in [0.4, 0.5) is 0 Å². The predicted octanol–water partition coefficient (Wildman–Crippen LogP) is 9.35. The molecule has 3 aromatic carbocycles. The lowest BCUT2D eigenvalue weighted by Crippen LogP contribution is -2.36. The van der Waals surface area contributed by atoms with Crippen LogP contribution in [0.25, 0.3) is 0 Å². The molecule has 1 heterocycles. The first kappa shape index (κ1) is 30.8. The Labute approximate surface area is 257 Å². The molecule has 40 heavy (non-hydrogen) atoms. The van der Waals surface area contributed by atoms with Gasteiger partial charge in [-0.25, -0.2) is 0 Å². The molecule has 2 atom stereocenters. The van der Waals surface area contributed by atoms with E-state index in [2.05, 4.69) is 30.9 Å². The lowest BCUT2D eigenvalue weighted by molar-refractivity contribution is -0.208. The van der Waals surface area contributed by atoms with Crippen molar-refractivity contribution in [2.24, 2.45) is 0 Å². The van der Waals surface area contributed by atoms with Gasteiger partial charge in [0.15, 0.2) is 5.75 Å². The van der Waals surface area contributed by atoms with Gasteiger partial charge in [0.1, 0.15) is 11.6 Å². The molecule has 0 amide bonds. The maximum absolute atomic E-state index is 7.02. The molecule has 0 spiro atoms. The first-order valence-electron chi connectivity index (χ1n) is 13.2. The Balaban J connectivity index is 1.30. The molecule has 0 aliphatic carbocycles. The molecule has 0 fully saturated rings. The molecule has 214 valence electrons. The number of alkyl halides is 1. The van der Waals surface area contributed by atoms with Crippen molar-refractivity contribution in [1.82, 2.24) is 9.80 Å². The van der Waals surface area contributed by atoms with Crippen LogP contribution in [-0.2, 0) is 16.2 Å². The molecule has 0 saturated heterocycles. The van der Waals surface area contributed by atoms with Crippen LogP contribution in [0.3, 0.4) is 0 Å². The van der Waals surface area contributed by atoms with Gasteiger partial charge in [0.05, 0.1) is 19.9 Å². The van der Waals surface area contributed by atoms with E-state index < -0.39 is 11.6 Å². The molecule has 5 nitrogen and oxygen atoms in total. The Morgan fingerprint density at radius 1 is 0.900 bits per heavy atom.